The van der Waals surface area contributed by atoms with Crippen molar-refractivity contribution in [2.45, 2.75) is 13.0 Å². The van der Waals surface area contributed by atoms with Gasteiger partial charge < -0.3 is 14.4 Å². The number of methoxy groups -OCH3 is 2. The van der Waals surface area contributed by atoms with E-state index >= 15 is 0 Å². The van der Waals surface area contributed by atoms with Gasteiger partial charge in [-0.05, 0) is 29.7 Å². The lowest BCUT2D eigenvalue weighted by Crippen LogP contribution is -2.44. The molecule has 0 saturated heterocycles. The predicted molar refractivity (Wildman–Crippen MR) is 89.0 cm³/mol. The standard InChI is InChI=1S/C16H20N4O4/c1-18-15(21)14(17-19(2)16(18)22)20-6-5-10-7-12(23-3)13(24-4)8-11(10)9-20/h7-8H,5-6,9H2,1-4H3. The summed E-state index contributed by atoms with van der Waals surface area (Å²) in [5, 5.41) is 4.15. The second-order valence-corrected chi connectivity index (χ2v) is 5.74. The smallest absolute Gasteiger partial charge is 0.346 e. The SMILES string of the molecule is COc1cc2c(cc1OC)CN(c1nn(C)c(=O)n(C)c1=O)CC2. The summed E-state index contributed by atoms with van der Waals surface area (Å²) in [5.41, 5.74) is 1.39. The van der Waals surface area contributed by atoms with Crippen LogP contribution in [0.4, 0.5) is 5.82 Å². The van der Waals surface area contributed by atoms with Gasteiger partial charge in [0.05, 0.1) is 14.2 Å². The number of aryl methyl sites for hydroxylation is 1. The molecule has 8 nitrogen and oxygen atoms in total. The molecule has 0 radical (unpaired) electrons. The second kappa shape index (κ2) is 6.03. The lowest BCUT2D eigenvalue weighted by atomic mass is 9.99. The molecule has 0 saturated carbocycles. The summed E-state index contributed by atoms with van der Waals surface area (Å²) < 4.78 is 12.9. The third-order valence-electron chi connectivity index (χ3n) is 4.32. The highest BCUT2D eigenvalue weighted by atomic mass is 16.5. The minimum absolute atomic E-state index is 0.278. The van der Waals surface area contributed by atoms with Crippen LogP contribution in [-0.2, 0) is 27.1 Å². The minimum atomic E-state index is -0.437. The number of benzene rings is 1. The Morgan fingerprint density at radius 1 is 1.04 bits per heavy atom. The Hall–Kier alpha value is -2.77. The zero-order valence-corrected chi connectivity index (χ0v) is 14.2. The largest absolute Gasteiger partial charge is 0.493 e. The van der Waals surface area contributed by atoms with E-state index in [4.69, 9.17) is 9.47 Å². The van der Waals surface area contributed by atoms with Gasteiger partial charge in [-0.25, -0.2) is 9.48 Å². The molecular formula is C16H20N4O4. The summed E-state index contributed by atoms with van der Waals surface area (Å²) in [6, 6.07) is 3.89. The van der Waals surface area contributed by atoms with Crippen LogP contribution in [0.5, 0.6) is 11.5 Å². The first-order valence-corrected chi connectivity index (χ1v) is 7.59. The van der Waals surface area contributed by atoms with E-state index in [0.29, 0.717) is 24.6 Å². The van der Waals surface area contributed by atoms with Crippen LogP contribution in [-0.4, -0.2) is 35.1 Å². The van der Waals surface area contributed by atoms with E-state index in [1.165, 1.54) is 18.8 Å². The molecule has 128 valence electrons. The van der Waals surface area contributed by atoms with Crippen LogP contribution < -0.4 is 25.6 Å². The zero-order chi connectivity index (χ0) is 17.4. The molecule has 0 bridgehead atoms. The Kier molecular flexibility index (Phi) is 4.04. The van der Waals surface area contributed by atoms with E-state index in [1.807, 2.05) is 17.0 Å². The molecule has 0 atom stereocenters. The number of rotatable bonds is 3. The molecule has 1 aliphatic heterocycles. The molecule has 0 fully saturated rings. The van der Waals surface area contributed by atoms with Crippen LogP contribution >= 0.6 is 0 Å². The maximum atomic E-state index is 12.4. The van der Waals surface area contributed by atoms with E-state index < -0.39 is 5.69 Å². The van der Waals surface area contributed by atoms with Crippen molar-refractivity contribution in [1.82, 2.24) is 14.3 Å². The van der Waals surface area contributed by atoms with Gasteiger partial charge in [-0.1, -0.05) is 0 Å². The number of aromatic nitrogens is 3. The second-order valence-electron chi connectivity index (χ2n) is 5.74. The van der Waals surface area contributed by atoms with Gasteiger partial charge in [0.25, 0.3) is 5.56 Å². The van der Waals surface area contributed by atoms with Crippen LogP contribution in [0.15, 0.2) is 21.7 Å². The van der Waals surface area contributed by atoms with Crippen molar-refractivity contribution in [3.05, 3.63) is 44.1 Å². The van der Waals surface area contributed by atoms with Crippen molar-refractivity contribution in [3.8, 4) is 11.5 Å². The molecule has 0 aliphatic carbocycles. The Labute approximate surface area is 138 Å². The van der Waals surface area contributed by atoms with Crippen molar-refractivity contribution < 1.29 is 9.47 Å². The Bertz CT molecular complexity index is 900. The molecule has 24 heavy (non-hydrogen) atoms. The van der Waals surface area contributed by atoms with Crippen molar-refractivity contribution >= 4 is 5.82 Å². The third-order valence-corrected chi connectivity index (χ3v) is 4.32. The first kappa shape index (κ1) is 16.1. The Morgan fingerprint density at radius 2 is 1.67 bits per heavy atom. The molecule has 1 aliphatic rings. The van der Waals surface area contributed by atoms with Gasteiger partial charge >= 0.3 is 5.69 Å². The third kappa shape index (κ3) is 2.53. The van der Waals surface area contributed by atoms with Gasteiger partial charge in [0.1, 0.15) is 0 Å². The highest BCUT2D eigenvalue weighted by Crippen LogP contribution is 2.33. The first-order valence-electron chi connectivity index (χ1n) is 7.59. The molecule has 0 N–H and O–H groups in total. The predicted octanol–water partition coefficient (Wildman–Crippen LogP) is 0.0589. The number of hydrogen-bond acceptors (Lipinski definition) is 6. The summed E-state index contributed by atoms with van der Waals surface area (Å²) in [4.78, 5) is 26.1. The average Bonchev–Trinajstić information content (AvgIpc) is 2.61. The van der Waals surface area contributed by atoms with E-state index in [2.05, 4.69) is 5.10 Å². The fourth-order valence-corrected chi connectivity index (χ4v) is 2.94. The minimum Gasteiger partial charge on any atom is -0.493 e. The normalized spacial score (nSPS) is 13.6. The monoisotopic (exact) mass is 332 g/mol. The quantitative estimate of drug-likeness (QED) is 0.791. The van der Waals surface area contributed by atoms with Crippen LogP contribution in [0.3, 0.4) is 0 Å². The number of fused-ring (bicyclic) bond motifs is 1. The molecule has 0 unspecified atom stereocenters. The van der Waals surface area contributed by atoms with Gasteiger partial charge in [0, 0.05) is 27.2 Å². The van der Waals surface area contributed by atoms with E-state index in [1.54, 1.807) is 14.2 Å². The number of ether oxygens (including phenoxy) is 2. The van der Waals surface area contributed by atoms with Crippen molar-refractivity contribution in [2.24, 2.45) is 14.1 Å². The van der Waals surface area contributed by atoms with Crippen LogP contribution in [0.2, 0.25) is 0 Å². The molecule has 2 heterocycles. The molecule has 2 aromatic rings. The Balaban J connectivity index is 2.02. The number of hydrogen-bond donors (Lipinski definition) is 0. The van der Waals surface area contributed by atoms with Gasteiger partial charge in [0.15, 0.2) is 11.5 Å². The highest BCUT2D eigenvalue weighted by Gasteiger charge is 2.23. The molecule has 8 heteroatoms. The van der Waals surface area contributed by atoms with E-state index in [0.717, 1.165) is 22.1 Å². The molecular weight excluding hydrogens is 312 g/mol. The molecule has 1 aromatic carbocycles. The topological polar surface area (TPSA) is 78.6 Å². The summed E-state index contributed by atoms with van der Waals surface area (Å²) in [6.45, 7) is 1.17. The van der Waals surface area contributed by atoms with Crippen molar-refractivity contribution in [2.75, 3.05) is 25.7 Å². The van der Waals surface area contributed by atoms with Crippen LogP contribution in [0, 0.1) is 0 Å². The maximum Gasteiger partial charge on any atom is 0.346 e. The zero-order valence-electron chi connectivity index (χ0n) is 14.2. The van der Waals surface area contributed by atoms with Gasteiger partial charge in [-0.3, -0.25) is 9.36 Å². The molecule has 3 rings (SSSR count). The number of nitrogens with zero attached hydrogens (tertiary/aromatic N) is 4. The summed E-state index contributed by atoms with van der Waals surface area (Å²) >= 11 is 0. The lowest BCUT2D eigenvalue weighted by molar-refractivity contribution is 0.353. The summed E-state index contributed by atoms with van der Waals surface area (Å²) in [5.74, 6) is 1.63. The molecule has 0 spiro atoms. The first-order chi connectivity index (χ1) is 11.5. The Morgan fingerprint density at radius 3 is 2.29 bits per heavy atom. The van der Waals surface area contributed by atoms with Crippen molar-refractivity contribution in [3.63, 3.8) is 0 Å². The highest BCUT2D eigenvalue weighted by molar-refractivity contribution is 5.51. The van der Waals surface area contributed by atoms with E-state index in [-0.39, 0.29) is 11.4 Å². The summed E-state index contributed by atoms with van der Waals surface area (Å²) in [7, 11) is 6.20. The summed E-state index contributed by atoms with van der Waals surface area (Å²) in [6.07, 6.45) is 0.753. The van der Waals surface area contributed by atoms with Crippen LogP contribution in [0.1, 0.15) is 11.1 Å². The van der Waals surface area contributed by atoms with Crippen molar-refractivity contribution in [1.29, 1.82) is 0 Å². The van der Waals surface area contributed by atoms with Gasteiger partial charge in [-0.2, -0.15) is 0 Å². The fraction of sp³-hybridized carbons (Fsp3) is 0.438. The van der Waals surface area contributed by atoms with Gasteiger partial charge in [-0.15, -0.1) is 5.10 Å². The molecule has 0 amide bonds. The van der Waals surface area contributed by atoms with E-state index in [9.17, 15) is 9.59 Å². The maximum absolute atomic E-state index is 12.4. The average molecular weight is 332 g/mol. The molecule has 1 aromatic heterocycles. The van der Waals surface area contributed by atoms with Gasteiger partial charge in [0.2, 0.25) is 5.82 Å². The fourth-order valence-electron chi connectivity index (χ4n) is 2.94. The number of anilines is 1. The van der Waals surface area contributed by atoms with Crippen LogP contribution in [0.25, 0.3) is 0 Å². The lowest BCUT2D eigenvalue weighted by Gasteiger charge is -2.30.